The molecule has 58 heavy (non-hydrogen) atoms. The fraction of sp³-hybridized carbons (Fsp3) is 0.0769. The summed E-state index contributed by atoms with van der Waals surface area (Å²) in [6, 6.07) is 88.0. The van der Waals surface area contributed by atoms with Crippen LogP contribution in [0.5, 0.6) is 0 Å². The van der Waals surface area contributed by atoms with E-state index in [1.807, 2.05) is 0 Å². The molecule has 8 aromatic rings. The summed E-state index contributed by atoms with van der Waals surface area (Å²) in [6.07, 6.45) is 0. The zero-order valence-electron chi connectivity index (χ0n) is 33.3. The van der Waals surface area contributed by atoms with Crippen molar-refractivity contribution in [1.29, 1.82) is 0 Å². The van der Waals surface area contributed by atoms with E-state index in [-0.39, 0.29) is 0 Å². The first-order chi connectivity index (χ1) is 28.3. The average Bonchev–Trinajstić information content (AvgIpc) is 3.29. The van der Waals surface area contributed by atoms with Crippen molar-refractivity contribution in [3.05, 3.63) is 243 Å². The Labute approximate surface area is 345 Å². The van der Waals surface area contributed by atoms with Crippen molar-refractivity contribution in [3.63, 3.8) is 0 Å². The molecule has 6 heteroatoms. The minimum absolute atomic E-state index is 0.406. The van der Waals surface area contributed by atoms with Gasteiger partial charge in [0.15, 0.2) is 0 Å². The Balaban J connectivity index is 1.78. The van der Waals surface area contributed by atoms with E-state index in [4.69, 9.17) is 9.03 Å². The number of hydrogen-bond acceptors (Lipinski definition) is 2. The van der Waals surface area contributed by atoms with E-state index in [2.05, 4.69) is 269 Å². The maximum atomic E-state index is 6.96. The van der Waals surface area contributed by atoms with Crippen LogP contribution in [0.3, 0.4) is 0 Å². The second-order valence-electron chi connectivity index (χ2n) is 15.5. The number of nitrogens with one attached hydrogen (secondary N) is 1. The summed E-state index contributed by atoms with van der Waals surface area (Å²) in [6.45, 7) is 2.60. The van der Waals surface area contributed by atoms with E-state index in [0.717, 1.165) is 26.5 Å². The molecule has 8 rings (SSSR count). The number of nitrogens with zero attached hydrogens (tertiary/aromatic N) is 2. The molecule has 0 bridgehead atoms. The minimum atomic E-state index is -4.22. The Kier molecular flexibility index (Phi) is 11.2. The summed E-state index contributed by atoms with van der Waals surface area (Å²) >= 11 is 0. The van der Waals surface area contributed by atoms with E-state index in [0.29, 0.717) is 0 Å². The van der Waals surface area contributed by atoms with Crippen molar-refractivity contribution in [3.8, 4) is 0 Å². The monoisotopic (exact) mass is 809 g/mol. The van der Waals surface area contributed by atoms with Crippen LogP contribution in [0, 0.1) is 0 Å². The third kappa shape index (κ3) is 7.08. The summed E-state index contributed by atoms with van der Waals surface area (Å²) in [5.74, 6) is 0. The van der Waals surface area contributed by atoms with Crippen molar-refractivity contribution >= 4 is 63.6 Å². The van der Waals surface area contributed by atoms with Gasteiger partial charge in [0, 0.05) is 0 Å². The Morgan fingerprint density at radius 1 is 0.345 bits per heavy atom. The Morgan fingerprint density at radius 3 is 0.845 bits per heavy atom. The third-order valence-corrected chi connectivity index (χ3v) is 25.3. The van der Waals surface area contributed by atoms with Gasteiger partial charge >= 0.3 is 347 Å². The predicted molar refractivity (Wildman–Crippen MR) is 257 cm³/mol. The van der Waals surface area contributed by atoms with E-state index < -0.39 is 26.7 Å². The van der Waals surface area contributed by atoms with Gasteiger partial charge in [-0.2, -0.15) is 0 Å². The van der Waals surface area contributed by atoms with Gasteiger partial charge in [0.1, 0.15) is 0 Å². The molecule has 288 valence electrons. The first kappa shape index (κ1) is 39.4. The molecule has 0 atom stereocenters. The topological polar surface area (TPSA) is 36.8 Å². The zero-order valence-corrected chi connectivity index (χ0v) is 36.0. The predicted octanol–water partition coefficient (Wildman–Crippen LogP) is 10.7. The SMILES string of the molecule is CC(C)(C)NP(N=P(N=P(c1ccccc1)(c1ccccc1)c1ccccc1)(c1ccccc1)c1ccccc1)(c1ccccc1)(c1ccccc1)c1ccccc1. The Morgan fingerprint density at radius 2 is 0.586 bits per heavy atom. The molecule has 0 amide bonds. The molecule has 0 aromatic heterocycles. The van der Waals surface area contributed by atoms with E-state index in [1.165, 1.54) is 15.9 Å². The van der Waals surface area contributed by atoms with Gasteiger partial charge in [-0.3, -0.25) is 0 Å². The van der Waals surface area contributed by atoms with Crippen LogP contribution in [0.15, 0.2) is 252 Å². The fourth-order valence-electron chi connectivity index (χ4n) is 8.26. The normalized spacial score (nSPS) is 12.8. The standard InChI is InChI=1S/C52H50N3P3/c1-52(2,3)53-58(49-38-22-9-23-39-49,50-40-24-10-25-41-50,51-42-26-11-27-43-51)55-57(47-34-18-7-19-35-47,48-36-20-8-21-37-48)54-56(44-28-12-4-13-29-44,45-30-14-5-15-31-45)46-32-16-6-17-33-46/h4-43,53H,1-3H3. The molecule has 0 saturated heterocycles. The van der Waals surface area contributed by atoms with Crippen LogP contribution in [-0.2, 0) is 0 Å². The molecule has 0 aliphatic rings. The van der Waals surface area contributed by atoms with Crippen LogP contribution in [-0.4, -0.2) is 5.54 Å². The van der Waals surface area contributed by atoms with E-state index in [1.54, 1.807) is 0 Å². The summed E-state index contributed by atoms with van der Waals surface area (Å²) < 4.78 is 13.7. The van der Waals surface area contributed by atoms with E-state index in [9.17, 15) is 0 Å². The molecule has 0 unspecified atom stereocenters. The van der Waals surface area contributed by atoms with Gasteiger partial charge in [0.05, 0.1) is 0 Å². The van der Waals surface area contributed by atoms with Crippen LogP contribution < -0.4 is 47.5 Å². The molecule has 1 N–H and O–H groups in total. The molecule has 3 nitrogen and oxygen atoms in total. The second-order valence-corrected chi connectivity index (χ2v) is 25.9. The number of hydrogen-bond donors (Lipinski definition) is 1. The number of rotatable bonds is 11. The van der Waals surface area contributed by atoms with Crippen molar-refractivity contribution < 1.29 is 0 Å². The summed E-state index contributed by atoms with van der Waals surface area (Å²) in [5, 5.41) is 13.6. The molecule has 0 aliphatic carbocycles. The molecule has 0 fully saturated rings. The van der Waals surface area contributed by atoms with Gasteiger partial charge < -0.3 is 0 Å². The van der Waals surface area contributed by atoms with Gasteiger partial charge in [0.25, 0.3) is 0 Å². The van der Waals surface area contributed by atoms with Crippen LogP contribution in [0.2, 0.25) is 0 Å². The van der Waals surface area contributed by atoms with E-state index >= 15 is 0 Å². The van der Waals surface area contributed by atoms with Crippen LogP contribution >= 0.6 is 21.2 Å². The Bertz CT molecular complexity index is 2420. The van der Waals surface area contributed by atoms with Crippen LogP contribution in [0.25, 0.3) is 0 Å². The molecular weight excluding hydrogens is 760 g/mol. The summed E-state index contributed by atoms with van der Waals surface area (Å²) in [7, 11) is -6.17. The zero-order chi connectivity index (χ0) is 40.0. The molecule has 0 aliphatic heterocycles. The second kappa shape index (κ2) is 16.5. The van der Waals surface area contributed by atoms with Gasteiger partial charge in [-0.1, -0.05) is 0 Å². The van der Waals surface area contributed by atoms with Crippen molar-refractivity contribution in [2.45, 2.75) is 26.3 Å². The molecular formula is C52H50N3P3. The maximum absolute atomic E-state index is 6.96. The quantitative estimate of drug-likeness (QED) is 0.130. The molecule has 0 heterocycles. The van der Waals surface area contributed by atoms with Crippen molar-refractivity contribution in [1.82, 2.24) is 5.09 Å². The average molecular weight is 810 g/mol. The first-order valence-electron chi connectivity index (χ1n) is 19.8. The first-order valence-corrected chi connectivity index (χ1v) is 25.5. The van der Waals surface area contributed by atoms with Gasteiger partial charge in [0.2, 0.25) is 0 Å². The Hall–Kier alpha value is -5.39. The third-order valence-electron chi connectivity index (χ3n) is 10.5. The molecule has 0 spiro atoms. The summed E-state index contributed by atoms with van der Waals surface area (Å²) in [5.41, 5.74) is -0.406. The molecule has 8 aromatic carbocycles. The summed E-state index contributed by atoms with van der Waals surface area (Å²) in [4.78, 5) is 0. The van der Waals surface area contributed by atoms with Crippen molar-refractivity contribution in [2.75, 3.05) is 0 Å². The molecule has 0 radical (unpaired) electrons. The van der Waals surface area contributed by atoms with Gasteiger partial charge in [-0.25, -0.2) is 0 Å². The van der Waals surface area contributed by atoms with Crippen molar-refractivity contribution in [2.24, 2.45) is 9.03 Å². The van der Waals surface area contributed by atoms with Crippen LogP contribution in [0.4, 0.5) is 0 Å². The molecule has 0 saturated carbocycles. The van der Waals surface area contributed by atoms with Gasteiger partial charge in [-0.05, 0) is 0 Å². The van der Waals surface area contributed by atoms with Gasteiger partial charge in [-0.15, -0.1) is 0 Å². The fourth-order valence-corrected chi connectivity index (χ4v) is 25.7. The van der Waals surface area contributed by atoms with Crippen LogP contribution in [0.1, 0.15) is 20.8 Å². The number of benzene rings is 8.